The van der Waals surface area contributed by atoms with Crippen LogP contribution in [0.2, 0.25) is 0 Å². The predicted molar refractivity (Wildman–Crippen MR) is 54.7 cm³/mol. The minimum absolute atomic E-state index is 0.0212. The van der Waals surface area contributed by atoms with Gasteiger partial charge in [0.25, 0.3) is 0 Å². The summed E-state index contributed by atoms with van der Waals surface area (Å²) >= 11 is 0. The summed E-state index contributed by atoms with van der Waals surface area (Å²) in [5.74, 6) is -0.00846. The second-order valence-electron chi connectivity index (χ2n) is 3.68. The number of nitrogens with zero attached hydrogens (tertiary/aromatic N) is 1. The van der Waals surface area contributed by atoms with Gasteiger partial charge in [-0.05, 0) is 19.8 Å². The Labute approximate surface area is 89.7 Å². The molecule has 1 saturated heterocycles. The van der Waals surface area contributed by atoms with Gasteiger partial charge < -0.3 is 4.90 Å². The van der Waals surface area contributed by atoms with Gasteiger partial charge in [-0.2, -0.15) is 0 Å². The molecule has 0 unspecified atom stereocenters. The van der Waals surface area contributed by atoms with Gasteiger partial charge in [0.05, 0.1) is 6.61 Å². The van der Waals surface area contributed by atoms with Crippen LogP contribution in [0.3, 0.4) is 0 Å². The number of hydrogen-bond donors (Lipinski definition) is 1. The van der Waals surface area contributed by atoms with E-state index in [0.717, 1.165) is 12.8 Å². The Bertz CT molecular complexity index is 235. The van der Waals surface area contributed by atoms with Crippen LogP contribution in [0.5, 0.6) is 0 Å². The number of hydrogen-bond acceptors (Lipinski definition) is 3. The van der Waals surface area contributed by atoms with Crippen molar-refractivity contribution in [3.05, 3.63) is 0 Å². The average molecular weight is 214 g/mol. The smallest absolute Gasteiger partial charge is 0.246 e. The van der Waals surface area contributed by atoms with Crippen LogP contribution in [0.25, 0.3) is 0 Å². The van der Waals surface area contributed by atoms with Crippen molar-refractivity contribution < 1.29 is 14.4 Å². The van der Waals surface area contributed by atoms with Gasteiger partial charge in [-0.25, -0.2) is 5.48 Å². The summed E-state index contributed by atoms with van der Waals surface area (Å²) in [6.45, 7) is 5.18. The first-order valence-corrected chi connectivity index (χ1v) is 5.32. The summed E-state index contributed by atoms with van der Waals surface area (Å²) in [5, 5.41) is 0. The van der Waals surface area contributed by atoms with Crippen LogP contribution < -0.4 is 5.48 Å². The quantitative estimate of drug-likeness (QED) is 0.688. The van der Waals surface area contributed by atoms with Gasteiger partial charge in [-0.1, -0.05) is 0 Å². The Balaban J connectivity index is 2.30. The standard InChI is InChI=1S/C10H18N2O3/c1-3-15-11-10(14)9-4-6-12(7-5-9)8(2)13/h9H,3-7H2,1-2H3,(H,11,14). The van der Waals surface area contributed by atoms with Crippen molar-refractivity contribution in [2.75, 3.05) is 19.7 Å². The third-order valence-corrected chi connectivity index (χ3v) is 2.63. The predicted octanol–water partition coefficient (Wildman–Crippen LogP) is 0.313. The molecular formula is C10H18N2O3. The SMILES string of the molecule is CCONC(=O)C1CCN(C(C)=O)CC1. The fraction of sp³-hybridized carbons (Fsp3) is 0.800. The lowest BCUT2D eigenvalue weighted by molar-refractivity contribution is -0.141. The van der Waals surface area contributed by atoms with E-state index in [2.05, 4.69) is 5.48 Å². The van der Waals surface area contributed by atoms with E-state index in [-0.39, 0.29) is 17.7 Å². The van der Waals surface area contributed by atoms with Gasteiger partial charge >= 0.3 is 0 Å². The zero-order valence-corrected chi connectivity index (χ0v) is 9.28. The Kier molecular flexibility index (Phi) is 4.55. The molecule has 0 aromatic carbocycles. The molecule has 0 aromatic rings. The van der Waals surface area contributed by atoms with Crippen molar-refractivity contribution in [2.24, 2.45) is 5.92 Å². The summed E-state index contributed by atoms with van der Waals surface area (Å²) in [7, 11) is 0. The van der Waals surface area contributed by atoms with E-state index in [9.17, 15) is 9.59 Å². The first-order valence-electron chi connectivity index (χ1n) is 5.32. The Hall–Kier alpha value is -1.10. The molecule has 5 heteroatoms. The molecule has 0 aliphatic carbocycles. The zero-order chi connectivity index (χ0) is 11.3. The lowest BCUT2D eigenvalue weighted by Crippen LogP contribution is -2.42. The van der Waals surface area contributed by atoms with Gasteiger partial charge in [0, 0.05) is 25.9 Å². The molecule has 2 amide bonds. The van der Waals surface area contributed by atoms with Crippen LogP contribution in [0, 0.1) is 5.92 Å². The maximum absolute atomic E-state index is 11.5. The summed E-state index contributed by atoms with van der Waals surface area (Å²) in [5.41, 5.74) is 2.40. The minimum Gasteiger partial charge on any atom is -0.343 e. The van der Waals surface area contributed by atoms with Crippen LogP contribution in [0.1, 0.15) is 26.7 Å². The highest BCUT2D eigenvalue weighted by Gasteiger charge is 2.25. The zero-order valence-electron chi connectivity index (χ0n) is 9.28. The molecule has 0 bridgehead atoms. The molecule has 15 heavy (non-hydrogen) atoms. The highest BCUT2D eigenvalue weighted by molar-refractivity contribution is 5.78. The third-order valence-electron chi connectivity index (χ3n) is 2.63. The average Bonchev–Trinajstić information content (AvgIpc) is 2.26. The molecule has 5 nitrogen and oxygen atoms in total. The normalized spacial score (nSPS) is 17.6. The van der Waals surface area contributed by atoms with Gasteiger partial charge in [-0.3, -0.25) is 14.4 Å². The van der Waals surface area contributed by atoms with E-state index >= 15 is 0 Å². The number of likely N-dealkylation sites (tertiary alicyclic amines) is 1. The maximum atomic E-state index is 11.5. The van der Waals surface area contributed by atoms with Crippen LogP contribution >= 0.6 is 0 Å². The fourth-order valence-electron chi connectivity index (χ4n) is 1.68. The van der Waals surface area contributed by atoms with E-state index in [1.807, 2.05) is 6.92 Å². The number of rotatable bonds is 3. The molecule has 1 rings (SSSR count). The second kappa shape index (κ2) is 5.70. The van der Waals surface area contributed by atoms with Crippen LogP contribution in [0.4, 0.5) is 0 Å². The maximum Gasteiger partial charge on any atom is 0.246 e. The summed E-state index contributed by atoms with van der Waals surface area (Å²) < 4.78 is 0. The molecule has 0 aromatic heterocycles. The Morgan fingerprint density at radius 1 is 1.40 bits per heavy atom. The van der Waals surface area contributed by atoms with E-state index in [0.29, 0.717) is 19.7 Å². The molecule has 0 spiro atoms. The molecule has 1 fully saturated rings. The topological polar surface area (TPSA) is 58.6 Å². The molecule has 0 atom stereocenters. The van der Waals surface area contributed by atoms with Crippen molar-refractivity contribution in [1.29, 1.82) is 0 Å². The van der Waals surface area contributed by atoms with Crippen molar-refractivity contribution >= 4 is 11.8 Å². The van der Waals surface area contributed by atoms with Crippen LogP contribution in [-0.4, -0.2) is 36.4 Å². The van der Waals surface area contributed by atoms with Crippen molar-refractivity contribution in [3.8, 4) is 0 Å². The number of amides is 2. The fourth-order valence-corrected chi connectivity index (χ4v) is 1.68. The number of carbonyl (C=O) groups excluding carboxylic acids is 2. The minimum atomic E-state index is -0.0694. The number of nitrogens with one attached hydrogen (secondary N) is 1. The Morgan fingerprint density at radius 2 is 2.00 bits per heavy atom. The first kappa shape index (κ1) is 12.0. The molecule has 1 aliphatic heterocycles. The number of hydroxylamine groups is 1. The lowest BCUT2D eigenvalue weighted by atomic mass is 9.96. The van der Waals surface area contributed by atoms with E-state index < -0.39 is 0 Å². The molecule has 0 saturated carbocycles. The summed E-state index contributed by atoms with van der Waals surface area (Å²) in [6, 6.07) is 0. The van der Waals surface area contributed by atoms with Crippen molar-refractivity contribution in [2.45, 2.75) is 26.7 Å². The van der Waals surface area contributed by atoms with E-state index in [1.165, 1.54) is 0 Å². The van der Waals surface area contributed by atoms with Gasteiger partial charge in [0.1, 0.15) is 0 Å². The van der Waals surface area contributed by atoms with Crippen LogP contribution in [-0.2, 0) is 14.4 Å². The number of carbonyl (C=O) groups is 2. The van der Waals surface area contributed by atoms with Crippen molar-refractivity contribution in [3.63, 3.8) is 0 Å². The molecule has 1 N–H and O–H groups in total. The van der Waals surface area contributed by atoms with Crippen LogP contribution in [0.15, 0.2) is 0 Å². The lowest BCUT2D eigenvalue weighted by Gasteiger charge is -2.30. The largest absolute Gasteiger partial charge is 0.343 e. The van der Waals surface area contributed by atoms with E-state index in [1.54, 1.807) is 11.8 Å². The highest BCUT2D eigenvalue weighted by atomic mass is 16.6. The summed E-state index contributed by atoms with van der Waals surface area (Å²) in [6.07, 6.45) is 1.44. The van der Waals surface area contributed by atoms with Crippen molar-refractivity contribution in [1.82, 2.24) is 10.4 Å². The van der Waals surface area contributed by atoms with E-state index in [4.69, 9.17) is 4.84 Å². The second-order valence-corrected chi connectivity index (χ2v) is 3.68. The molecule has 1 aliphatic rings. The van der Waals surface area contributed by atoms with Gasteiger partial charge in [0.2, 0.25) is 11.8 Å². The summed E-state index contributed by atoms with van der Waals surface area (Å²) in [4.78, 5) is 29.2. The van der Waals surface area contributed by atoms with Gasteiger partial charge in [-0.15, -0.1) is 0 Å². The monoisotopic (exact) mass is 214 g/mol. The highest BCUT2D eigenvalue weighted by Crippen LogP contribution is 2.17. The number of piperidine rings is 1. The molecule has 86 valence electrons. The molecule has 0 radical (unpaired) electrons. The molecular weight excluding hydrogens is 196 g/mol. The molecule has 1 heterocycles. The first-order chi connectivity index (χ1) is 7.15. The Morgan fingerprint density at radius 3 is 2.47 bits per heavy atom. The van der Waals surface area contributed by atoms with Gasteiger partial charge in [0.15, 0.2) is 0 Å². The third kappa shape index (κ3) is 3.51.